The smallest absolute Gasteiger partial charge is 0.259 e. The van der Waals surface area contributed by atoms with Crippen molar-refractivity contribution in [2.45, 2.75) is 69.7 Å². The van der Waals surface area contributed by atoms with E-state index in [9.17, 15) is 22.9 Å². The average Bonchev–Trinajstić information content (AvgIpc) is 3.08. The number of nitrogens with two attached hydrogens (primary N) is 1. The van der Waals surface area contributed by atoms with Gasteiger partial charge in [-0.1, -0.05) is 27.7 Å². The fourth-order valence-corrected chi connectivity index (χ4v) is 5.25. The second-order valence-corrected chi connectivity index (χ2v) is 11.1. The topological polar surface area (TPSA) is 106 Å². The van der Waals surface area contributed by atoms with Crippen LogP contribution in [0.4, 0.5) is 8.78 Å². The zero-order valence-electron chi connectivity index (χ0n) is 18.3. The van der Waals surface area contributed by atoms with Gasteiger partial charge in [0.25, 0.3) is 5.91 Å². The Morgan fingerprint density at radius 2 is 1.87 bits per heavy atom. The Morgan fingerprint density at radius 3 is 2.32 bits per heavy atom. The molecule has 1 heterocycles. The van der Waals surface area contributed by atoms with Crippen molar-refractivity contribution in [1.29, 1.82) is 0 Å². The van der Waals surface area contributed by atoms with Crippen molar-refractivity contribution in [3.05, 3.63) is 45.5 Å². The summed E-state index contributed by atoms with van der Waals surface area (Å²) < 4.78 is 44.9. The van der Waals surface area contributed by atoms with Crippen molar-refractivity contribution in [3.8, 4) is 0 Å². The molecule has 1 aromatic heterocycles. The number of carbonyl (C=O) groups excluding carboxylic acids is 1. The lowest BCUT2D eigenvalue weighted by Crippen LogP contribution is -2.19. The van der Waals surface area contributed by atoms with E-state index < -0.39 is 33.1 Å². The molecule has 1 unspecified atom stereocenters. The number of amides is 1. The lowest BCUT2D eigenvalue weighted by atomic mass is 9.86. The van der Waals surface area contributed by atoms with E-state index in [1.807, 2.05) is 13.8 Å². The lowest BCUT2D eigenvalue weighted by molar-refractivity contribution is -0.117. The number of aromatic nitrogens is 1. The van der Waals surface area contributed by atoms with Gasteiger partial charge in [0, 0.05) is 5.38 Å². The summed E-state index contributed by atoms with van der Waals surface area (Å²) in [5.74, 6) is -3.34. The average molecular weight is 494 g/mol. The van der Waals surface area contributed by atoms with Crippen LogP contribution in [0.3, 0.4) is 0 Å². The number of aliphatic hydroxyl groups is 1. The minimum atomic E-state index is -3.65. The van der Waals surface area contributed by atoms with Gasteiger partial charge in [0.05, 0.1) is 12.1 Å². The third kappa shape index (κ3) is 6.32. The molecule has 0 spiro atoms. The van der Waals surface area contributed by atoms with Crippen molar-refractivity contribution in [2.75, 3.05) is 0 Å². The molecular formula is C20H29F2N3O3S3. The number of carbonyl (C=O) groups is 1. The number of hydrogen-bond donors (Lipinski definition) is 2. The Morgan fingerprint density at radius 1 is 1.29 bits per heavy atom. The minimum absolute atomic E-state index is 0. The van der Waals surface area contributed by atoms with Crippen LogP contribution in [0.5, 0.6) is 0 Å². The summed E-state index contributed by atoms with van der Waals surface area (Å²) in [5, 5.41) is 17.3. The molecule has 174 valence electrons. The van der Waals surface area contributed by atoms with Crippen LogP contribution < -0.4 is 5.14 Å². The lowest BCUT2D eigenvalue weighted by Gasteiger charge is -2.20. The molecule has 2 aromatic rings. The molecule has 2 rings (SSSR count). The molecule has 0 bridgehead atoms. The van der Waals surface area contributed by atoms with Crippen molar-refractivity contribution in [3.63, 3.8) is 0 Å². The Balaban J connectivity index is 0.00000480. The fraction of sp³-hybridized carbons (Fsp3) is 0.500. The fourth-order valence-electron chi connectivity index (χ4n) is 3.06. The normalized spacial score (nSPS) is 13.8. The van der Waals surface area contributed by atoms with E-state index in [-0.39, 0.29) is 47.3 Å². The first-order valence-corrected chi connectivity index (χ1v) is 11.9. The molecule has 0 saturated carbocycles. The van der Waals surface area contributed by atoms with Crippen molar-refractivity contribution >= 4 is 40.7 Å². The maximum absolute atomic E-state index is 14.5. The van der Waals surface area contributed by atoms with E-state index in [0.29, 0.717) is 11.1 Å². The molecule has 6 nitrogen and oxygen atoms in total. The first kappa shape index (κ1) is 27.6. The standard InChI is InChI=1S/C20H27F2N3O3S2.H2S/c1-10(2)12-7-14(21)18(22)17(11(3)4)13(12)8-16(26)25-30(23,28)19-24-15(9-29-19)20(5,6)27;/h7,9-11,27H,8H2,1-6H3,(H2,23,25,26,28);1H2. The Labute approximate surface area is 193 Å². The van der Waals surface area contributed by atoms with Crippen LogP contribution in [-0.4, -0.2) is 20.2 Å². The summed E-state index contributed by atoms with van der Waals surface area (Å²) in [6.07, 6.45) is -0.365. The maximum atomic E-state index is 14.5. The number of thiazole rings is 1. The minimum Gasteiger partial charge on any atom is -0.384 e. The van der Waals surface area contributed by atoms with Gasteiger partial charge >= 0.3 is 0 Å². The zero-order chi connectivity index (χ0) is 23.0. The van der Waals surface area contributed by atoms with Gasteiger partial charge in [-0.05, 0) is 48.4 Å². The molecule has 11 heteroatoms. The molecule has 31 heavy (non-hydrogen) atoms. The van der Waals surface area contributed by atoms with E-state index in [2.05, 4.69) is 9.35 Å². The second-order valence-electron chi connectivity index (χ2n) is 8.25. The van der Waals surface area contributed by atoms with Gasteiger partial charge in [-0.3, -0.25) is 4.79 Å². The number of nitrogens with zero attached hydrogens (tertiary/aromatic N) is 2. The molecule has 0 aliphatic heterocycles. The SMILES string of the molecule is CC(C)c1cc(F)c(F)c(C(C)C)c1CC(=O)N=S(N)(=O)c1nc(C(C)(C)O)cs1.S. The molecule has 0 saturated heterocycles. The Kier molecular flexibility index (Phi) is 8.94. The van der Waals surface area contributed by atoms with Crippen molar-refractivity contribution < 1.29 is 22.9 Å². The Hall–Kier alpha value is -1.40. The predicted octanol–water partition coefficient (Wildman–Crippen LogP) is 4.48. The van der Waals surface area contributed by atoms with E-state index in [1.165, 1.54) is 19.2 Å². The summed E-state index contributed by atoms with van der Waals surface area (Å²) in [7, 11) is -3.65. The highest BCUT2D eigenvalue weighted by molar-refractivity contribution is 7.93. The van der Waals surface area contributed by atoms with Crippen LogP contribution in [0.1, 0.15) is 75.8 Å². The van der Waals surface area contributed by atoms with Gasteiger partial charge in [-0.2, -0.15) is 13.5 Å². The second kappa shape index (κ2) is 10.0. The van der Waals surface area contributed by atoms with Crippen molar-refractivity contribution in [2.24, 2.45) is 9.50 Å². The van der Waals surface area contributed by atoms with Crippen molar-refractivity contribution in [1.82, 2.24) is 4.98 Å². The number of rotatable bonds is 6. The summed E-state index contributed by atoms with van der Waals surface area (Å²) in [6, 6.07) is 1.09. The van der Waals surface area contributed by atoms with Crippen LogP contribution in [0.25, 0.3) is 0 Å². The molecule has 1 amide bonds. The summed E-state index contributed by atoms with van der Waals surface area (Å²) in [6.45, 7) is 10.0. The summed E-state index contributed by atoms with van der Waals surface area (Å²) in [5.41, 5.74) is -0.0852. The Bertz CT molecular complexity index is 1080. The quantitative estimate of drug-likeness (QED) is 0.619. The highest BCUT2D eigenvalue weighted by Gasteiger charge is 2.26. The molecule has 3 N–H and O–H groups in total. The van der Waals surface area contributed by atoms with Crippen LogP contribution in [0.2, 0.25) is 0 Å². The molecule has 0 aliphatic carbocycles. The van der Waals surface area contributed by atoms with E-state index >= 15 is 0 Å². The van der Waals surface area contributed by atoms with E-state index in [0.717, 1.165) is 17.4 Å². The van der Waals surface area contributed by atoms with E-state index in [4.69, 9.17) is 5.14 Å². The maximum Gasteiger partial charge on any atom is 0.259 e. The molecular weight excluding hydrogens is 464 g/mol. The molecule has 0 aliphatic rings. The van der Waals surface area contributed by atoms with Gasteiger partial charge in [-0.25, -0.2) is 23.1 Å². The zero-order valence-corrected chi connectivity index (χ0v) is 21.0. The highest BCUT2D eigenvalue weighted by Crippen LogP contribution is 2.32. The van der Waals surface area contributed by atoms with Gasteiger partial charge in [0.2, 0.25) is 4.34 Å². The molecule has 1 aromatic carbocycles. The monoisotopic (exact) mass is 493 g/mol. The first-order valence-electron chi connectivity index (χ1n) is 9.42. The van der Waals surface area contributed by atoms with Crippen LogP contribution in [0.15, 0.2) is 20.1 Å². The van der Waals surface area contributed by atoms with Gasteiger partial charge in [0.1, 0.15) is 5.60 Å². The number of benzene rings is 1. The molecule has 0 radical (unpaired) electrons. The highest BCUT2D eigenvalue weighted by atomic mass is 32.2. The van der Waals surface area contributed by atoms with Crippen LogP contribution in [-0.2, 0) is 26.7 Å². The predicted molar refractivity (Wildman–Crippen MR) is 124 cm³/mol. The van der Waals surface area contributed by atoms with E-state index in [1.54, 1.807) is 13.8 Å². The van der Waals surface area contributed by atoms with Crippen LogP contribution in [0, 0.1) is 11.6 Å². The summed E-state index contributed by atoms with van der Waals surface area (Å²) >= 11 is 0.925. The largest absolute Gasteiger partial charge is 0.384 e. The van der Waals surface area contributed by atoms with Gasteiger partial charge in [-0.15, -0.1) is 15.7 Å². The van der Waals surface area contributed by atoms with Gasteiger partial charge < -0.3 is 5.11 Å². The number of halogens is 2. The molecule has 0 fully saturated rings. The summed E-state index contributed by atoms with van der Waals surface area (Å²) in [4.78, 5) is 16.7. The third-order valence-corrected chi connectivity index (χ3v) is 7.23. The van der Waals surface area contributed by atoms with Gasteiger partial charge in [0.15, 0.2) is 21.5 Å². The van der Waals surface area contributed by atoms with Crippen LogP contribution >= 0.6 is 24.8 Å². The molecule has 1 atom stereocenters. The third-order valence-electron chi connectivity index (χ3n) is 4.53. The number of hydrogen-bond acceptors (Lipinski definition) is 5. The first-order chi connectivity index (χ1) is 13.6.